The third-order valence-corrected chi connectivity index (χ3v) is 2.98. The van der Waals surface area contributed by atoms with Gasteiger partial charge in [0.15, 0.2) is 4.77 Å². The zero-order valence-corrected chi connectivity index (χ0v) is 12.5. The molecular formula is C10H11BrN4O3S. The fourth-order valence-corrected chi connectivity index (χ4v) is 1.55. The molecule has 2 aromatic rings. The summed E-state index contributed by atoms with van der Waals surface area (Å²) < 4.78 is 1.22. The minimum absolute atomic E-state index is 0.126. The molecule has 0 unspecified atom stereocenters. The van der Waals surface area contributed by atoms with Gasteiger partial charge in [0.25, 0.3) is 11.1 Å². The van der Waals surface area contributed by atoms with E-state index in [-0.39, 0.29) is 11.1 Å². The molecule has 0 aromatic carbocycles. The maximum Gasteiger partial charge on any atom is 0.338 e. The first kappa shape index (κ1) is 15.3. The van der Waals surface area contributed by atoms with E-state index in [2.05, 4.69) is 43.3 Å². The topological polar surface area (TPSA) is 104 Å². The summed E-state index contributed by atoms with van der Waals surface area (Å²) in [7, 11) is 0. The van der Waals surface area contributed by atoms with Gasteiger partial charge in [0.05, 0.1) is 16.1 Å². The van der Waals surface area contributed by atoms with E-state index in [0.717, 1.165) is 3.59 Å². The number of nitrogens with zero attached hydrogens (tertiary/aromatic N) is 1. The zero-order valence-electron chi connectivity index (χ0n) is 10.1. The number of rotatable bonds is 0. The van der Waals surface area contributed by atoms with Crippen LogP contribution in [0.15, 0.2) is 26.8 Å². The van der Waals surface area contributed by atoms with Crippen LogP contribution in [0.4, 0.5) is 0 Å². The lowest BCUT2D eigenvalue weighted by Crippen LogP contribution is -2.29. The van der Waals surface area contributed by atoms with Gasteiger partial charge in [0.1, 0.15) is 0 Å². The quantitative estimate of drug-likeness (QED) is 0.612. The molecule has 0 radical (unpaired) electrons. The Labute approximate surface area is 120 Å². The van der Waals surface area contributed by atoms with Crippen LogP contribution < -0.4 is 16.8 Å². The molecule has 0 amide bonds. The van der Waals surface area contributed by atoms with E-state index in [1.165, 1.54) is 6.20 Å². The highest BCUT2D eigenvalue weighted by molar-refractivity contribution is 9.08. The lowest BCUT2D eigenvalue weighted by molar-refractivity contribution is 0.969. The van der Waals surface area contributed by atoms with Crippen LogP contribution >= 0.6 is 28.4 Å². The Bertz CT molecular complexity index is 802. The lowest BCUT2D eigenvalue weighted by Gasteiger charge is -1.91. The third kappa shape index (κ3) is 4.14. The van der Waals surface area contributed by atoms with Crippen molar-refractivity contribution in [1.29, 1.82) is 0 Å². The molecule has 2 aromatic heterocycles. The fraction of sp³-hybridized carbons (Fsp3) is 0.200. The first-order valence-corrected chi connectivity index (χ1v) is 6.20. The van der Waals surface area contributed by atoms with Crippen LogP contribution in [0.5, 0.6) is 0 Å². The monoisotopic (exact) mass is 346 g/mol. The van der Waals surface area contributed by atoms with Gasteiger partial charge in [-0.2, -0.15) is 3.59 Å². The molecule has 2 heterocycles. The normalized spacial score (nSPS) is 9.63. The maximum absolute atomic E-state index is 10.9. The first-order valence-electron chi connectivity index (χ1n) is 5.09. The zero-order chi connectivity index (χ0) is 14.6. The molecule has 0 aliphatic heterocycles. The molecule has 0 aliphatic rings. The predicted molar refractivity (Wildman–Crippen MR) is 77.4 cm³/mol. The van der Waals surface area contributed by atoms with E-state index in [4.69, 9.17) is 0 Å². The largest absolute Gasteiger partial charge is 0.338 e. The summed E-state index contributed by atoms with van der Waals surface area (Å²) in [5.41, 5.74) is 0.221. The molecule has 19 heavy (non-hydrogen) atoms. The average molecular weight is 347 g/mol. The van der Waals surface area contributed by atoms with Crippen LogP contribution in [0.2, 0.25) is 0 Å². The van der Waals surface area contributed by atoms with Crippen molar-refractivity contribution in [2.24, 2.45) is 0 Å². The van der Waals surface area contributed by atoms with Crippen molar-refractivity contribution in [2.75, 3.05) is 0 Å². The van der Waals surface area contributed by atoms with E-state index < -0.39 is 5.69 Å². The van der Waals surface area contributed by atoms with Gasteiger partial charge in [0.2, 0.25) is 0 Å². The van der Waals surface area contributed by atoms with Crippen LogP contribution in [-0.4, -0.2) is 18.5 Å². The van der Waals surface area contributed by atoms with Crippen LogP contribution in [0, 0.1) is 18.6 Å². The van der Waals surface area contributed by atoms with Gasteiger partial charge in [-0.1, -0.05) is 0 Å². The summed E-state index contributed by atoms with van der Waals surface area (Å²) in [6.45, 7) is 3.33. The summed E-state index contributed by atoms with van der Waals surface area (Å²) in [5.74, 6) is 0. The minimum atomic E-state index is -0.462. The fourth-order valence-electron chi connectivity index (χ4n) is 1.01. The van der Waals surface area contributed by atoms with Gasteiger partial charge in [-0.3, -0.25) is 14.6 Å². The number of hydrogen-bond donors (Lipinski definition) is 3. The van der Waals surface area contributed by atoms with Gasteiger partial charge in [-0.25, -0.2) is 4.79 Å². The Morgan fingerprint density at radius 2 is 1.68 bits per heavy atom. The Kier molecular flexibility index (Phi) is 5.19. The van der Waals surface area contributed by atoms with E-state index in [1.807, 2.05) is 0 Å². The van der Waals surface area contributed by atoms with Crippen LogP contribution in [0.3, 0.4) is 0 Å². The number of hydrogen-bond acceptors (Lipinski definition) is 4. The molecule has 0 aliphatic carbocycles. The highest BCUT2D eigenvalue weighted by atomic mass is 79.9. The molecule has 0 atom stereocenters. The molecule has 2 rings (SSSR count). The summed E-state index contributed by atoms with van der Waals surface area (Å²) in [5, 5.41) is 0. The highest BCUT2D eigenvalue weighted by Crippen LogP contribution is 1.82. The number of aryl methyl sites for hydroxylation is 2. The summed E-state index contributed by atoms with van der Waals surface area (Å²) >= 11 is 7.44. The van der Waals surface area contributed by atoms with Crippen LogP contribution in [-0.2, 0) is 0 Å². The second-order valence-electron chi connectivity index (χ2n) is 3.62. The van der Waals surface area contributed by atoms with Gasteiger partial charge in [-0.05, 0) is 26.1 Å². The van der Waals surface area contributed by atoms with Crippen molar-refractivity contribution in [2.45, 2.75) is 13.8 Å². The van der Waals surface area contributed by atoms with Crippen molar-refractivity contribution in [3.8, 4) is 0 Å². The molecule has 3 N–H and O–H groups in total. The molecular weight excluding hydrogens is 336 g/mol. The number of aromatic amines is 3. The van der Waals surface area contributed by atoms with Gasteiger partial charge < -0.3 is 9.97 Å². The Balaban J connectivity index is 0.000000191. The second-order valence-corrected chi connectivity index (χ2v) is 4.74. The van der Waals surface area contributed by atoms with Crippen molar-refractivity contribution >= 4 is 28.4 Å². The van der Waals surface area contributed by atoms with Crippen LogP contribution in [0.25, 0.3) is 0 Å². The molecule has 7 nitrogen and oxygen atoms in total. The van der Waals surface area contributed by atoms with Crippen molar-refractivity contribution in [3.63, 3.8) is 0 Å². The second kappa shape index (κ2) is 6.43. The Morgan fingerprint density at radius 3 is 2.16 bits per heavy atom. The standard InChI is InChI=1S/C5H5BrN2O2.C5H6N2OS/c1-3-2-7-5(10)8(6)4(3)9;1-3-2-6-5(9)7-4(3)8/h2H,1H3,(H,7,10);2H,1H3,(H2,6,7,8,9). The number of aromatic nitrogens is 4. The van der Waals surface area contributed by atoms with Crippen molar-refractivity contribution < 1.29 is 0 Å². The van der Waals surface area contributed by atoms with Gasteiger partial charge in [-0.15, -0.1) is 0 Å². The van der Waals surface area contributed by atoms with E-state index in [9.17, 15) is 14.4 Å². The van der Waals surface area contributed by atoms with Crippen molar-refractivity contribution in [3.05, 3.63) is 59.5 Å². The van der Waals surface area contributed by atoms with E-state index in [1.54, 1.807) is 20.0 Å². The average Bonchev–Trinajstić information content (AvgIpc) is 2.37. The van der Waals surface area contributed by atoms with Crippen LogP contribution in [0.1, 0.15) is 11.1 Å². The van der Waals surface area contributed by atoms with Gasteiger partial charge in [0, 0.05) is 23.5 Å². The Morgan fingerprint density at radius 1 is 1.11 bits per heavy atom. The molecule has 0 bridgehead atoms. The molecule has 102 valence electrons. The molecule has 0 spiro atoms. The smallest absolute Gasteiger partial charge is 0.338 e. The van der Waals surface area contributed by atoms with E-state index >= 15 is 0 Å². The predicted octanol–water partition coefficient (Wildman–Crippen LogP) is 0.744. The first-order chi connectivity index (χ1) is 8.82. The molecule has 0 fully saturated rings. The summed E-state index contributed by atoms with van der Waals surface area (Å²) in [6, 6.07) is 0. The summed E-state index contributed by atoms with van der Waals surface area (Å²) in [6.07, 6.45) is 2.96. The minimum Gasteiger partial charge on any atom is -0.338 e. The van der Waals surface area contributed by atoms with E-state index in [0.29, 0.717) is 15.9 Å². The number of nitrogens with one attached hydrogen (secondary N) is 3. The third-order valence-electron chi connectivity index (χ3n) is 2.11. The lowest BCUT2D eigenvalue weighted by atomic mass is 10.4. The number of halogens is 1. The maximum atomic E-state index is 10.9. The molecule has 0 saturated heterocycles. The Hall–Kier alpha value is -1.74. The van der Waals surface area contributed by atoms with Crippen molar-refractivity contribution in [1.82, 2.24) is 18.5 Å². The number of H-pyrrole nitrogens is 3. The summed E-state index contributed by atoms with van der Waals surface area (Å²) in [4.78, 5) is 39.7. The SMILES string of the molecule is Cc1c[nH]c(=O)n(Br)c1=O.Cc1c[nH]c(=S)[nH]c1=O. The molecule has 0 saturated carbocycles. The van der Waals surface area contributed by atoms with Gasteiger partial charge >= 0.3 is 5.69 Å². The highest BCUT2D eigenvalue weighted by Gasteiger charge is 1.98. The molecule has 9 heteroatoms.